The van der Waals surface area contributed by atoms with Crippen LogP contribution in [0.2, 0.25) is 0 Å². The molecule has 0 saturated carbocycles. The minimum absolute atomic E-state index is 0.227. The van der Waals surface area contributed by atoms with Crippen molar-refractivity contribution in [1.29, 1.82) is 5.26 Å². The topological polar surface area (TPSA) is 73.5 Å². The highest BCUT2D eigenvalue weighted by atomic mass is 16.5. The number of benzene rings is 2. The number of esters is 1. The number of carbonyl (C=O) groups excluding carboxylic acids is 1. The number of allylic oxidation sites excluding steroid dienone is 2. The third kappa shape index (κ3) is 4.68. The van der Waals surface area contributed by atoms with Crippen molar-refractivity contribution in [3.05, 3.63) is 107 Å². The van der Waals surface area contributed by atoms with Crippen LogP contribution >= 0.6 is 0 Å². The summed E-state index contributed by atoms with van der Waals surface area (Å²) in [5.74, 6) is 0.362. The second-order valence-electron chi connectivity index (χ2n) is 7.49. The van der Waals surface area contributed by atoms with Crippen molar-refractivity contribution in [3.8, 4) is 11.8 Å². The van der Waals surface area contributed by atoms with Gasteiger partial charge in [-0.15, -0.1) is 0 Å². The lowest BCUT2D eigenvalue weighted by Crippen LogP contribution is -2.24. The zero-order valence-corrected chi connectivity index (χ0v) is 18.5. The first kappa shape index (κ1) is 22.0. The summed E-state index contributed by atoms with van der Waals surface area (Å²) in [4.78, 5) is 12.8. The van der Waals surface area contributed by atoms with E-state index in [1.807, 2.05) is 66.7 Å². The van der Waals surface area contributed by atoms with Crippen LogP contribution in [0.15, 0.2) is 96.0 Å². The fourth-order valence-corrected chi connectivity index (χ4v) is 3.80. The van der Waals surface area contributed by atoms with Gasteiger partial charge < -0.3 is 14.2 Å². The van der Waals surface area contributed by atoms with Gasteiger partial charge in [-0.3, -0.25) is 4.57 Å². The Bertz CT molecular complexity index is 1220. The highest BCUT2D eigenvalue weighted by Crippen LogP contribution is 2.42. The first-order chi connectivity index (χ1) is 16.1. The Kier molecular flexibility index (Phi) is 6.61. The Morgan fingerprint density at radius 2 is 1.76 bits per heavy atom. The quantitative estimate of drug-likeness (QED) is 0.459. The predicted molar refractivity (Wildman–Crippen MR) is 124 cm³/mol. The molecule has 0 saturated heterocycles. The summed E-state index contributed by atoms with van der Waals surface area (Å²) in [5.41, 5.74) is 2.49. The zero-order chi connectivity index (χ0) is 23.2. The molecule has 0 unspecified atom stereocenters. The highest BCUT2D eigenvalue weighted by molar-refractivity contribution is 5.93. The maximum atomic E-state index is 12.8. The van der Waals surface area contributed by atoms with Crippen LogP contribution in [0.5, 0.6) is 5.75 Å². The second kappa shape index (κ2) is 9.92. The average Bonchev–Trinajstić information content (AvgIpc) is 3.38. The van der Waals surface area contributed by atoms with Gasteiger partial charge in [0, 0.05) is 12.4 Å². The van der Waals surface area contributed by atoms with Gasteiger partial charge in [0.15, 0.2) is 0 Å². The molecule has 2 heterocycles. The van der Waals surface area contributed by atoms with Gasteiger partial charge in [0.1, 0.15) is 29.8 Å². The van der Waals surface area contributed by atoms with Gasteiger partial charge in [0.2, 0.25) is 5.88 Å². The van der Waals surface area contributed by atoms with E-state index in [0.717, 1.165) is 11.1 Å². The van der Waals surface area contributed by atoms with E-state index in [1.165, 1.54) is 0 Å². The molecule has 1 aliphatic heterocycles. The molecule has 0 bridgehead atoms. The molecular weight excluding hydrogens is 416 g/mol. The number of carbonyl (C=O) groups is 1. The maximum absolute atomic E-state index is 12.8. The minimum Gasteiger partial charge on any atom is -0.489 e. The van der Waals surface area contributed by atoms with Gasteiger partial charge in [-0.2, -0.15) is 5.26 Å². The predicted octanol–water partition coefficient (Wildman–Crippen LogP) is 5.41. The van der Waals surface area contributed by atoms with Gasteiger partial charge >= 0.3 is 5.97 Å². The summed E-state index contributed by atoms with van der Waals surface area (Å²) in [6, 6.07) is 23.3. The standard InChI is InChI=1S/C27H24N2O4/c1-3-31-27(30)24-19(2)33-26(29-15-7-8-16-29)23(17-28)25(24)21-11-13-22(14-12-21)32-18-20-9-5-4-6-10-20/h4-16,25H,3,18H2,1-2H3/t25-/m0/s1. The normalized spacial score (nSPS) is 15.6. The Balaban J connectivity index is 1.69. The van der Waals surface area contributed by atoms with Crippen molar-refractivity contribution in [2.75, 3.05) is 6.61 Å². The van der Waals surface area contributed by atoms with Crippen molar-refractivity contribution in [1.82, 2.24) is 4.57 Å². The van der Waals surface area contributed by atoms with Gasteiger partial charge in [-0.1, -0.05) is 42.5 Å². The van der Waals surface area contributed by atoms with Crippen molar-refractivity contribution in [3.63, 3.8) is 0 Å². The van der Waals surface area contributed by atoms with Crippen LogP contribution < -0.4 is 4.74 Å². The van der Waals surface area contributed by atoms with Crippen LogP contribution in [0.1, 0.15) is 30.9 Å². The van der Waals surface area contributed by atoms with Crippen LogP contribution in [0.4, 0.5) is 0 Å². The fourth-order valence-electron chi connectivity index (χ4n) is 3.80. The van der Waals surface area contributed by atoms with Gasteiger partial charge in [0.05, 0.1) is 18.1 Å². The van der Waals surface area contributed by atoms with E-state index in [1.54, 1.807) is 30.8 Å². The van der Waals surface area contributed by atoms with Crippen molar-refractivity contribution in [2.24, 2.45) is 0 Å². The van der Waals surface area contributed by atoms with Crippen molar-refractivity contribution in [2.45, 2.75) is 26.4 Å². The molecule has 6 nitrogen and oxygen atoms in total. The van der Waals surface area contributed by atoms with Crippen LogP contribution in [0, 0.1) is 11.3 Å². The zero-order valence-electron chi connectivity index (χ0n) is 18.5. The van der Waals surface area contributed by atoms with Crippen molar-refractivity contribution < 1.29 is 19.0 Å². The Labute approximate surface area is 192 Å². The second-order valence-corrected chi connectivity index (χ2v) is 7.49. The molecule has 33 heavy (non-hydrogen) atoms. The third-order valence-corrected chi connectivity index (χ3v) is 5.35. The SMILES string of the molecule is CCOC(=O)C1=C(C)OC(n2cccc2)=C(C#N)[C@@H]1c1ccc(OCc2ccccc2)cc1. The number of aromatic nitrogens is 1. The van der Waals surface area contributed by atoms with Crippen LogP contribution in [0.3, 0.4) is 0 Å². The summed E-state index contributed by atoms with van der Waals surface area (Å²) >= 11 is 0. The molecule has 166 valence electrons. The van der Waals surface area contributed by atoms with Crippen LogP contribution in [-0.4, -0.2) is 17.1 Å². The van der Waals surface area contributed by atoms with Gasteiger partial charge in [0.25, 0.3) is 0 Å². The molecule has 0 radical (unpaired) electrons. The van der Waals surface area contributed by atoms with E-state index in [0.29, 0.717) is 35.1 Å². The number of hydrogen-bond donors (Lipinski definition) is 0. The van der Waals surface area contributed by atoms with E-state index >= 15 is 0 Å². The minimum atomic E-state index is -0.622. The smallest absolute Gasteiger partial charge is 0.338 e. The molecule has 0 N–H and O–H groups in total. The molecule has 1 aliphatic rings. The first-order valence-corrected chi connectivity index (χ1v) is 10.7. The lowest BCUT2D eigenvalue weighted by Gasteiger charge is -2.28. The molecule has 4 rings (SSSR count). The van der Waals surface area contributed by atoms with Gasteiger partial charge in [-0.25, -0.2) is 4.79 Å². The summed E-state index contributed by atoms with van der Waals surface area (Å²) in [5, 5.41) is 10.1. The first-order valence-electron chi connectivity index (χ1n) is 10.7. The number of rotatable bonds is 7. The molecular formula is C27H24N2O4. The number of nitrogens with zero attached hydrogens (tertiary/aromatic N) is 2. The molecule has 0 fully saturated rings. The number of ether oxygens (including phenoxy) is 3. The Hall–Kier alpha value is -4.24. The number of hydrogen-bond acceptors (Lipinski definition) is 5. The van der Waals surface area contributed by atoms with E-state index < -0.39 is 11.9 Å². The molecule has 1 aromatic heterocycles. The highest BCUT2D eigenvalue weighted by Gasteiger charge is 2.37. The third-order valence-electron chi connectivity index (χ3n) is 5.35. The van der Waals surface area contributed by atoms with E-state index in [4.69, 9.17) is 14.2 Å². The van der Waals surface area contributed by atoms with Crippen molar-refractivity contribution >= 4 is 11.9 Å². The van der Waals surface area contributed by atoms with Gasteiger partial charge in [-0.05, 0) is 49.2 Å². The monoisotopic (exact) mass is 440 g/mol. The largest absolute Gasteiger partial charge is 0.489 e. The molecule has 0 aliphatic carbocycles. The molecule has 0 spiro atoms. The lowest BCUT2D eigenvalue weighted by atomic mass is 9.83. The van der Waals surface area contributed by atoms with E-state index in [9.17, 15) is 10.1 Å². The summed E-state index contributed by atoms with van der Waals surface area (Å²) < 4.78 is 18.9. The summed E-state index contributed by atoms with van der Waals surface area (Å²) in [7, 11) is 0. The number of nitriles is 1. The molecule has 3 aromatic rings. The summed E-state index contributed by atoms with van der Waals surface area (Å²) in [6.07, 6.45) is 3.60. The average molecular weight is 440 g/mol. The lowest BCUT2D eigenvalue weighted by molar-refractivity contribution is -0.139. The van der Waals surface area contributed by atoms with E-state index in [-0.39, 0.29) is 6.61 Å². The molecule has 6 heteroatoms. The summed E-state index contributed by atoms with van der Waals surface area (Å²) in [6.45, 7) is 4.14. The molecule has 0 amide bonds. The van der Waals surface area contributed by atoms with E-state index in [2.05, 4.69) is 6.07 Å². The Morgan fingerprint density at radius 1 is 1.06 bits per heavy atom. The Morgan fingerprint density at radius 3 is 2.39 bits per heavy atom. The van der Waals surface area contributed by atoms with Crippen LogP contribution in [-0.2, 0) is 20.9 Å². The maximum Gasteiger partial charge on any atom is 0.338 e. The fraction of sp³-hybridized carbons (Fsp3) is 0.185. The molecule has 1 atom stereocenters. The molecule has 2 aromatic carbocycles. The van der Waals surface area contributed by atoms with Crippen LogP contribution in [0.25, 0.3) is 5.88 Å².